The smallest absolute Gasteiger partial charge is 0.255 e. The SMILES string of the molecule is Cc1ccc(C(=O)Nc2cccc(NC(=O)C(C)CN3CCCCC3)c2)cc1. The van der Waals surface area contributed by atoms with Crippen LogP contribution in [0.4, 0.5) is 11.4 Å². The molecule has 1 fully saturated rings. The normalized spacial score (nSPS) is 15.6. The molecule has 3 rings (SSSR count). The van der Waals surface area contributed by atoms with E-state index in [-0.39, 0.29) is 17.7 Å². The van der Waals surface area contributed by atoms with Gasteiger partial charge in [0.15, 0.2) is 0 Å². The highest BCUT2D eigenvalue weighted by Crippen LogP contribution is 2.18. The summed E-state index contributed by atoms with van der Waals surface area (Å²) in [6.45, 7) is 6.90. The summed E-state index contributed by atoms with van der Waals surface area (Å²) in [5, 5.41) is 5.86. The summed E-state index contributed by atoms with van der Waals surface area (Å²) >= 11 is 0. The second kappa shape index (κ2) is 9.51. The molecule has 2 amide bonds. The van der Waals surface area contributed by atoms with Gasteiger partial charge in [-0.3, -0.25) is 9.59 Å². The van der Waals surface area contributed by atoms with Crippen LogP contribution in [0.25, 0.3) is 0 Å². The van der Waals surface area contributed by atoms with E-state index in [2.05, 4.69) is 15.5 Å². The third kappa shape index (κ3) is 5.67. The lowest BCUT2D eigenvalue weighted by Crippen LogP contribution is -2.37. The first kappa shape index (κ1) is 20.1. The van der Waals surface area contributed by atoms with Gasteiger partial charge < -0.3 is 15.5 Å². The van der Waals surface area contributed by atoms with E-state index >= 15 is 0 Å². The molecular formula is C23H29N3O2. The van der Waals surface area contributed by atoms with Crippen LogP contribution >= 0.6 is 0 Å². The molecule has 1 unspecified atom stereocenters. The van der Waals surface area contributed by atoms with Gasteiger partial charge in [-0.25, -0.2) is 0 Å². The average Bonchev–Trinajstić information content (AvgIpc) is 2.69. The summed E-state index contributed by atoms with van der Waals surface area (Å²) in [5.41, 5.74) is 3.07. The standard InChI is InChI=1S/C23H29N3O2/c1-17-9-11-19(12-10-17)23(28)25-21-8-6-7-20(15-21)24-22(27)18(2)16-26-13-4-3-5-14-26/h6-12,15,18H,3-5,13-14,16H2,1-2H3,(H,24,27)(H,25,28). The van der Waals surface area contributed by atoms with Crippen LogP contribution in [0.15, 0.2) is 48.5 Å². The molecule has 2 N–H and O–H groups in total. The topological polar surface area (TPSA) is 61.4 Å². The number of aryl methyl sites for hydroxylation is 1. The number of benzene rings is 2. The maximum atomic E-state index is 12.5. The van der Waals surface area contributed by atoms with Gasteiger partial charge in [0.1, 0.15) is 0 Å². The monoisotopic (exact) mass is 379 g/mol. The number of carbonyl (C=O) groups is 2. The van der Waals surface area contributed by atoms with Gasteiger partial charge in [-0.2, -0.15) is 0 Å². The maximum absolute atomic E-state index is 12.5. The molecule has 1 heterocycles. The zero-order chi connectivity index (χ0) is 19.9. The summed E-state index contributed by atoms with van der Waals surface area (Å²) in [4.78, 5) is 27.3. The van der Waals surface area contributed by atoms with Gasteiger partial charge in [-0.1, -0.05) is 37.1 Å². The first-order valence-electron chi connectivity index (χ1n) is 10.0. The van der Waals surface area contributed by atoms with Gasteiger partial charge >= 0.3 is 0 Å². The molecule has 2 aromatic rings. The molecule has 2 aromatic carbocycles. The number of hydrogen-bond acceptors (Lipinski definition) is 3. The van der Waals surface area contributed by atoms with E-state index in [9.17, 15) is 9.59 Å². The van der Waals surface area contributed by atoms with Gasteiger partial charge in [-0.05, 0) is 63.2 Å². The van der Waals surface area contributed by atoms with Crippen molar-refractivity contribution < 1.29 is 9.59 Å². The first-order valence-corrected chi connectivity index (χ1v) is 10.0. The molecule has 0 radical (unpaired) electrons. The van der Waals surface area contributed by atoms with Crippen LogP contribution in [0.1, 0.15) is 42.1 Å². The van der Waals surface area contributed by atoms with Crippen molar-refractivity contribution in [3.8, 4) is 0 Å². The molecular weight excluding hydrogens is 350 g/mol. The van der Waals surface area contributed by atoms with Crippen molar-refractivity contribution >= 4 is 23.2 Å². The van der Waals surface area contributed by atoms with E-state index in [1.54, 1.807) is 18.2 Å². The fourth-order valence-electron chi connectivity index (χ4n) is 3.46. The van der Waals surface area contributed by atoms with E-state index in [1.807, 2.05) is 44.2 Å². The van der Waals surface area contributed by atoms with Gasteiger partial charge in [0.25, 0.3) is 5.91 Å². The van der Waals surface area contributed by atoms with Crippen molar-refractivity contribution in [1.82, 2.24) is 4.90 Å². The lowest BCUT2D eigenvalue weighted by molar-refractivity contribution is -0.120. The molecule has 5 heteroatoms. The van der Waals surface area contributed by atoms with Crippen LogP contribution in [0, 0.1) is 12.8 Å². The Morgan fingerprint density at radius 1 is 0.964 bits per heavy atom. The van der Waals surface area contributed by atoms with Crippen LogP contribution in [0.5, 0.6) is 0 Å². The Morgan fingerprint density at radius 2 is 1.61 bits per heavy atom. The number of amides is 2. The van der Waals surface area contributed by atoms with E-state index in [0.29, 0.717) is 16.9 Å². The summed E-state index contributed by atoms with van der Waals surface area (Å²) in [5.74, 6) is -0.238. The number of nitrogens with zero attached hydrogens (tertiary/aromatic N) is 1. The number of carbonyl (C=O) groups excluding carboxylic acids is 2. The molecule has 0 aromatic heterocycles. The number of anilines is 2. The highest BCUT2D eigenvalue weighted by molar-refractivity contribution is 6.04. The van der Waals surface area contributed by atoms with Gasteiger partial charge in [-0.15, -0.1) is 0 Å². The fraction of sp³-hybridized carbons (Fsp3) is 0.391. The molecule has 1 aliphatic heterocycles. The number of piperidine rings is 1. The lowest BCUT2D eigenvalue weighted by Gasteiger charge is -2.28. The Hall–Kier alpha value is -2.66. The summed E-state index contributed by atoms with van der Waals surface area (Å²) in [6, 6.07) is 14.7. The molecule has 0 spiro atoms. The van der Waals surface area contributed by atoms with Gasteiger partial charge in [0, 0.05) is 29.4 Å². The van der Waals surface area contributed by atoms with Crippen molar-refractivity contribution in [1.29, 1.82) is 0 Å². The molecule has 0 aliphatic carbocycles. The number of likely N-dealkylation sites (tertiary alicyclic amines) is 1. The third-order valence-corrected chi connectivity index (χ3v) is 5.13. The minimum atomic E-state index is -0.165. The highest BCUT2D eigenvalue weighted by atomic mass is 16.2. The van der Waals surface area contributed by atoms with Crippen LogP contribution in [-0.4, -0.2) is 36.3 Å². The van der Waals surface area contributed by atoms with Crippen LogP contribution in [0.2, 0.25) is 0 Å². The minimum Gasteiger partial charge on any atom is -0.326 e. The summed E-state index contributed by atoms with van der Waals surface area (Å²) < 4.78 is 0. The van der Waals surface area contributed by atoms with E-state index in [1.165, 1.54) is 19.3 Å². The van der Waals surface area contributed by atoms with E-state index < -0.39 is 0 Å². The molecule has 1 atom stereocenters. The lowest BCUT2D eigenvalue weighted by atomic mass is 10.1. The van der Waals surface area contributed by atoms with Crippen molar-refractivity contribution in [3.63, 3.8) is 0 Å². The van der Waals surface area contributed by atoms with Crippen molar-refractivity contribution in [3.05, 3.63) is 59.7 Å². The van der Waals surface area contributed by atoms with Gasteiger partial charge in [0.05, 0.1) is 0 Å². The maximum Gasteiger partial charge on any atom is 0.255 e. The number of nitrogens with one attached hydrogen (secondary N) is 2. The summed E-state index contributed by atoms with van der Waals surface area (Å²) in [7, 11) is 0. The highest BCUT2D eigenvalue weighted by Gasteiger charge is 2.19. The second-order valence-electron chi connectivity index (χ2n) is 7.65. The quantitative estimate of drug-likeness (QED) is 0.786. The second-order valence-corrected chi connectivity index (χ2v) is 7.65. The average molecular weight is 380 g/mol. The van der Waals surface area contributed by atoms with Crippen molar-refractivity contribution in [2.75, 3.05) is 30.3 Å². The molecule has 28 heavy (non-hydrogen) atoms. The number of hydrogen-bond donors (Lipinski definition) is 2. The minimum absolute atomic E-state index is 0.00702. The molecule has 5 nitrogen and oxygen atoms in total. The summed E-state index contributed by atoms with van der Waals surface area (Å²) in [6.07, 6.45) is 3.73. The largest absolute Gasteiger partial charge is 0.326 e. The predicted molar refractivity (Wildman–Crippen MR) is 114 cm³/mol. The number of rotatable bonds is 6. The molecule has 1 saturated heterocycles. The Balaban J connectivity index is 1.57. The Morgan fingerprint density at radius 3 is 2.29 bits per heavy atom. The zero-order valence-electron chi connectivity index (χ0n) is 16.7. The molecule has 148 valence electrons. The Labute approximate surface area is 167 Å². The molecule has 0 bridgehead atoms. The predicted octanol–water partition coefficient (Wildman–Crippen LogP) is 4.31. The van der Waals surface area contributed by atoms with Crippen molar-refractivity contribution in [2.45, 2.75) is 33.1 Å². The first-order chi connectivity index (χ1) is 13.5. The molecule has 1 aliphatic rings. The fourth-order valence-corrected chi connectivity index (χ4v) is 3.46. The van der Waals surface area contributed by atoms with Crippen LogP contribution in [-0.2, 0) is 4.79 Å². The zero-order valence-corrected chi connectivity index (χ0v) is 16.7. The van der Waals surface area contributed by atoms with Crippen molar-refractivity contribution in [2.24, 2.45) is 5.92 Å². The van der Waals surface area contributed by atoms with Crippen LogP contribution in [0.3, 0.4) is 0 Å². The Bertz CT molecular complexity index is 811. The van der Waals surface area contributed by atoms with Gasteiger partial charge in [0.2, 0.25) is 5.91 Å². The third-order valence-electron chi connectivity index (χ3n) is 5.13. The Kier molecular flexibility index (Phi) is 6.82. The molecule has 0 saturated carbocycles. The van der Waals surface area contributed by atoms with E-state index in [4.69, 9.17) is 0 Å². The van der Waals surface area contributed by atoms with E-state index in [0.717, 1.165) is 25.2 Å². The van der Waals surface area contributed by atoms with Crippen LogP contribution < -0.4 is 10.6 Å².